The van der Waals surface area contributed by atoms with Crippen molar-refractivity contribution in [1.82, 2.24) is 4.98 Å². The summed E-state index contributed by atoms with van der Waals surface area (Å²) in [5.41, 5.74) is 0. The van der Waals surface area contributed by atoms with Crippen LogP contribution in [0.3, 0.4) is 0 Å². The van der Waals surface area contributed by atoms with Crippen molar-refractivity contribution in [3.63, 3.8) is 0 Å². The molecule has 0 bridgehead atoms. The van der Waals surface area contributed by atoms with E-state index in [-0.39, 0.29) is 43.0 Å². The third kappa shape index (κ3) is 11.9. The molecule has 9 heavy (non-hydrogen) atoms. The Morgan fingerprint density at radius 2 is 1.33 bits per heavy atom. The molecule has 1 aromatic heterocycles. The van der Waals surface area contributed by atoms with Gasteiger partial charge in [-0.1, -0.05) is 26.0 Å². The molecule has 0 unspecified atom stereocenters. The predicted octanol–water partition coefficient (Wildman–Crippen LogP) is 2.12. The third-order valence-electron chi connectivity index (χ3n) is 0.455. The van der Waals surface area contributed by atoms with Gasteiger partial charge in [-0.15, -0.1) is 0 Å². The van der Waals surface area contributed by atoms with E-state index < -0.39 is 0 Å². The molecule has 1 heterocycles. The Hall–Kier alpha value is 0.475. The van der Waals surface area contributed by atoms with Crippen molar-refractivity contribution < 1.29 is 35.6 Å². The fourth-order valence-electron chi connectivity index (χ4n) is 0.248. The fraction of sp³-hybridized carbons (Fsp3) is 0.286. The minimum Gasteiger partial charge on any atom is -0.670 e. The van der Waals surface area contributed by atoms with E-state index in [0.717, 1.165) is 0 Å². The van der Waals surface area contributed by atoms with Gasteiger partial charge in [-0.2, -0.15) is 12.4 Å². The molecule has 0 atom stereocenters. The molecule has 2 heteroatoms. The second-order valence-corrected chi connectivity index (χ2v) is 0.832. The minimum atomic E-state index is 0. The average molecular weight is 250 g/mol. The van der Waals surface area contributed by atoms with Crippen LogP contribution in [-0.2, 0) is 0 Å². The van der Waals surface area contributed by atoms with Gasteiger partial charge >= 0.3 is 0 Å². The number of hydrogen-bond acceptors (Lipinski definition) is 0. The summed E-state index contributed by atoms with van der Waals surface area (Å²) in [5.74, 6) is 0. The smallest absolute Gasteiger partial charge is 0 e. The molecule has 0 amide bonds. The van der Waals surface area contributed by atoms with Crippen LogP contribution in [0.2, 0.25) is 0 Å². The van der Waals surface area contributed by atoms with Crippen molar-refractivity contribution in [2.75, 3.05) is 0 Å². The summed E-state index contributed by atoms with van der Waals surface area (Å²) in [5, 5.41) is 0. The van der Waals surface area contributed by atoms with Gasteiger partial charge in [0, 0.05) is 35.6 Å². The topological polar surface area (TPSA) is 14.1 Å². The molecule has 0 aliphatic rings. The Balaban J connectivity index is -0.0000000836. The second kappa shape index (κ2) is 15.8. The van der Waals surface area contributed by atoms with E-state index in [9.17, 15) is 0 Å². The summed E-state index contributed by atoms with van der Waals surface area (Å²) in [6.45, 7) is 4.00. The summed E-state index contributed by atoms with van der Waals surface area (Å²) in [7, 11) is 0. The number of aromatic nitrogens is 1. The first kappa shape index (κ1) is 16.2. The van der Waals surface area contributed by atoms with Crippen LogP contribution in [0, 0.1) is 43.0 Å². The standard InChI is InChI=1S/C4H4N.C2H6.CH3.La/c1-2-4-5-3-1;1-2;;/h1-4H;1-2H3;1H3;/q-1;;-1;. The Bertz CT molecular complexity index is 65.4. The van der Waals surface area contributed by atoms with Crippen LogP contribution in [0.1, 0.15) is 13.8 Å². The third-order valence-corrected chi connectivity index (χ3v) is 0.455. The monoisotopic (exact) mass is 250 g/mol. The van der Waals surface area contributed by atoms with Crippen LogP contribution >= 0.6 is 0 Å². The quantitative estimate of drug-likeness (QED) is 0.643. The van der Waals surface area contributed by atoms with E-state index in [2.05, 4.69) is 4.98 Å². The molecule has 0 saturated carbocycles. The van der Waals surface area contributed by atoms with E-state index in [1.54, 1.807) is 12.4 Å². The Kier molecular flexibility index (Phi) is 28.5. The maximum Gasteiger partial charge on any atom is 0 e. The maximum atomic E-state index is 3.72. The zero-order valence-electron chi connectivity index (χ0n) is 6.33. The first-order valence-electron chi connectivity index (χ1n) is 2.52. The van der Waals surface area contributed by atoms with Crippen LogP contribution < -0.4 is 4.98 Å². The van der Waals surface area contributed by atoms with Gasteiger partial charge in [0.2, 0.25) is 0 Å². The van der Waals surface area contributed by atoms with Crippen molar-refractivity contribution in [1.29, 1.82) is 0 Å². The summed E-state index contributed by atoms with van der Waals surface area (Å²) in [6.07, 6.45) is 3.50. The number of hydrogen-bond donors (Lipinski definition) is 0. The number of rotatable bonds is 0. The maximum absolute atomic E-state index is 3.72. The van der Waals surface area contributed by atoms with Crippen molar-refractivity contribution in [2.45, 2.75) is 13.8 Å². The Morgan fingerprint density at radius 3 is 1.44 bits per heavy atom. The molecule has 0 N–H and O–H groups in total. The van der Waals surface area contributed by atoms with E-state index in [1.165, 1.54) is 0 Å². The Labute approximate surface area is 85.9 Å². The molecule has 1 nitrogen and oxygen atoms in total. The average Bonchev–Trinajstić information content (AvgIpc) is 2.23. The van der Waals surface area contributed by atoms with Crippen molar-refractivity contribution in [3.05, 3.63) is 32.0 Å². The largest absolute Gasteiger partial charge is 0.670 e. The molecule has 0 aromatic carbocycles. The van der Waals surface area contributed by atoms with Crippen molar-refractivity contribution in [3.8, 4) is 0 Å². The molecule has 1 radical (unpaired) electrons. The molecular weight excluding hydrogens is 237 g/mol. The fourth-order valence-corrected chi connectivity index (χ4v) is 0.248. The van der Waals surface area contributed by atoms with Crippen LogP contribution in [0.15, 0.2) is 24.5 Å². The summed E-state index contributed by atoms with van der Waals surface area (Å²) in [4.78, 5) is 3.72. The van der Waals surface area contributed by atoms with Crippen LogP contribution in [-0.4, -0.2) is 0 Å². The predicted molar refractivity (Wildman–Crippen MR) is 37.5 cm³/mol. The van der Waals surface area contributed by atoms with Gasteiger partial charge in [0.25, 0.3) is 0 Å². The zero-order chi connectivity index (χ0) is 5.54. The van der Waals surface area contributed by atoms with Gasteiger partial charge in [0.15, 0.2) is 0 Å². The van der Waals surface area contributed by atoms with Crippen LogP contribution in [0.25, 0.3) is 0 Å². The van der Waals surface area contributed by atoms with Gasteiger partial charge in [-0.25, -0.2) is 0 Å². The molecule has 1 rings (SSSR count). The van der Waals surface area contributed by atoms with Crippen molar-refractivity contribution >= 4 is 0 Å². The first-order valence-corrected chi connectivity index (χ1v) is 2.52. The van der Waals surface area contributed by atoms with Gasteiger partial charge in [0.05, 0.1) is 0 Å². The summed E-state index contributed by atoms with van der Waals surface area (Å²) >= 11 is 0. The molecule has 0 aliphatic carbocycles. The summed E-state index contributed by atoms with van der Waals surface area (Å²) < 4.78 is 0. The Morgan fingerprint density at radius 1 is 1.00 bits per heavy atom. The molecular formula is C7H13LaN-2. The van der Waals surface area contributed by atoms with Gasteiger partial charge in [0.1, 0.15) is 0 Å². The molecule has 0 aliphatic heterocycles. The van der Waals surface area contributed by atoms with Gasteiger partial charge in [-0.3, -0.25) is 0 Å². The second-order valence-electron chi connectivity index (χ2n) is 0.832. The zero-order valence-corrected chi connectivity index (χ0v) is 9.96. The van der Waals surface area contributed by atoms with E-state index in [1.807, 2.05) is 26.0 Å². The summed E-state index contributed by atoms with van der Waals surface area (Å²) in [6, 6.07) is 3.78. The minimum absolute atomic E-state index is 0. The van der Waals surface area contributed by atoms with Gasteiger partial charge < -0.3 is 12.4 Å². The molecule has 51 valence electrons. The molecule has 0 fully saturated rings. The number of nitrogens with zero attached hydrogens (tertiary/aromatic N) is 1. The molecule has 0 spiro atoms. The first-order chi connectivity index (χ1) is 3.50. The molecule has 1 aromatic rings. The van der Waals surface area contributed by atoms with E-state index in [4.69, 9.17) is 0 Å². The SMILES string of the molecule is CC.[CH3-].[La].c1cc[n-]c1. The van der Waals surface area contributed by atoms with Crippen molar-refractivity contribution in [2.24, 2.45) is 0 Å². The normalized spacial score (nSPS) is 5.11. The van der Waals surface area contributed by atoms with E-state index in [0.29, 0.717) is 0 Å². The van der Waals surface area contributed by atoms with Crippen LogP contribution in [0.4, 0.5) is 0 Å². The van der Waals surface area contributed by atoms with Crippen LogP contribution in [0.5, 0.6) is 0 Å². The van der Waals surface area contributed by atoms with E-state index >= 15 is 0 Å². The van der Waals surface area contributed by atoms with Gasteiger partial charge in [-0.05, 0) is 0 Å². The molecule has 0 saturated heterocycles.